The highest BCUT2D eigenvalue weighted by atomic mass is 127. The van der Waals surface area contributed by atoms with Crippen LogP contribution in [0.2, 0.25) is 0 Å². The highest BCUT2D eigenvalue weighted by Crippen LogP contribution is 2.53. The topological polar surface area (TPSA) is 0 Å². The molecule has 0 nitrogen and oxygen atoms in total. The van der Waals surface area contributed by atoms with Crippen LogP contribution in [0.5, 0.6) is 0 Å². The maximum atomic E-state index is 13.4. The van der Waals surface area contributed by atoms with Crippen LogP contribution in [0.25, 0.3) is 0 Å². The summed E-state index contributed by atoms with van der Waals surface area (Å²) in [7, 11) is 0. The minimum Gasteiger partial charge on any atom is -0.224 e. The number of rotatable bonds is 4. The maximum absolute atomic E-state index is 13.4. The van der Waals surface area contributed by atoms with Crippen molar-refractivity contribution in [3.8, 4) is 0 Å². The van der Waals surface area contributed by atoms with Gasteiger partial charge in [0, 0.05) is 9.84 Å². The molecule has 0 radical (unpaired) electrons. The molecule has 0 unspecified atom stereocenters. The smallest absolute Gasteiger partial charge is 0.224 e. The Morgan fingerprint density at radius 3 is 1.24 bits per heavy atom. The highest BCUT2D eigenvalue weighted by molar-refractivity contribution is 14.1. The van der Waals surface area contributed by atoms with E-state index >= 15 is 0 Å². The Labute approximate surface area is 108 Å². The fourth-order valence-electron chi connectivity index (χ4n) is 1.30. The first-order chi connectivity index (χ1) is 7.33. The van der Waals surface area contributed by atoms with Gasteiger partial charge in [0.2, 0.25) is 0 Å². The standard InChI is InChI=1S/C9H12F7I/c1-3-6(17,4-2)5-7(10,8(11,12)13)9(14,15)16/h3-5H2,1-2H3. The van der Waals surface area contributed by atoms with Gasteiger partial charge in [-0.1, -0.05) is 36.4 Å². The van der Waals surface area contributed by atoms with Gasteiger partial charge in [0.1, 0.15) is 0 Å². The van der Waals surface area contributed by atoms with Crippen LogP contribution in [0.4, 0.5) is 30.7 Å². The molecule has 0 saturated heterocycles. The van der Waals surface area contributed by atoms with Crippen molar-refractivity contribution in [2.75, 3.05) is 0 Å². The third-order valence-corrected chi connectivity index (χ3v) is 4.63. The van der Waals surface area contributed by atoms with Gasteiger partial charge < -0.3 is 0 Å². The molecule has 8 heteroatoms. The molecule has 0 bridgehead atoms. The van der Waals surface area contributed by atoms with E-state index in [4.69, 9.17) is 0 Å². The molecule has 0 spiro atoms. The summed E-state index contributed by atoms with van der Waals surface area (Å²) >= 11 is 1.47. The summed E-state index contributed by atoms with van der Waals surface area (Å²) in [6, 6.07) is 0. The summed E-state index contributed by atoms with van der Waals surface area (Å²) in [5.74, 6) is 0. The molecule has 0 rings (SSSR count). The van der Waals surface area contributed by atoms with Gasteiger partial charge in [-0.25, -0.2) is 4.39 Å². The Morgan fingerprint density at radius 2 is 1.06 bits per heavy atom. The number of alkyl halides is 8. The Hall–Kier alpha value is 0.240. The van der Waals surface area contributed by atoms with Crippen molar-refractivity contribution in [2.24, 2.45) is 0 Å². The first-order valence-corrected chi connectivity index (χ1v) is 5.92. The van der Waals surface area contributed by atoms with E-state index < -0.39 is 27.9 Å². The van der Waals surface area contributed by atoms with E-state index in [1.807, 2.05) is 0 Å². The van der Waals surface area contributed by atoms with E-state index in [1.54, 1.807) is 0 Å². The van der Waals surface area contributed by atoms with E-state index in [0.29, 0.717) is 0 Å². The molecular formula is C9H12F7I. The van der Waals surface area contributed by atoms with Crippen LogP contribution >= 0.6 is 22.6 Å². The summed E-state index contributed by atoms with van der Waals surface area (Å²) in [6.07, 6.45) is -13.5. The van der Waals surface area contributed by atoms with Gasteiger partial charge in [-0.05, 0) is 12.8 Å². The molecule has 0 amide bonds. The fraction of sp³-hybridized carbons (Fsp3) is 1.00. The van der Waals surface area contributed by atoms with Crippen LogP contribution in [0, 0.1) is 0 Å². The molecule has 0 atom stereocenters. The summed E-state index contributed by atoms with van der Waals surface area (Å²) in [5, 5.41) is 0. The molecule has 0 saturated carbocycles. The van der Waals surface area contributed by atoms with Crippen molar-refractivity contribution in [1.29, 1.82) is 0 Å². The minimum absolute atomic E-state index is 0.0297. The van der Waals surface area contributed by atoms with Crippen LogP contribution in [0.3, 0.4) is 0 Å². The average Bonchev–Trinajstić information content (AvgIpc) is 2.14. The molecule has 0 aliphatic heterocycles. The Kier molecular flexibility index (Phi) is 5.16. The van der Waals surface area contributed by atoms with Crippen molar-refractivity contribution in [1.82, 2.24) is 0 Å². The fourth-order valence-corrected chi connectivity index (χ4v) is 1.82. The monoisotopic (exact) mass is 380 g/mol. The zero-order valence-electron chi connectivity index (χ0n) is 9.15. The lowest BCUT2D eigenvalue weighted by Crippen LogP contribution is -2.56. The SMILES string of the molecule is CCC(I)(CC)CC(F)(C(F)(F)F)C(F)(F)F. The summed E-state index contributed by atoms with van der Waals surface area (Å²) in [4.78, 5) is 0. The van der Waals surface area contributed by atoms with Gasteiger partial charge in [-0.3, -0.25) is 0 Å². The molecule has 0 heterocycles. The Bertz CT molecular complexity index is 237. The van der Waals surface area contributed by atoms with Crippen LogP contribution in [0.15, 0.2) is 0 Å². The van der Waals surface area contributed by atoms with Crippen molar-refractivity contribution >= 4 is 22.6 Å². The van der Waals surface area contributed by atoms with Crippen LogP contribution in [0.1, 0.15) is 33.1 Å². The maximum Gasteiger partial charge on any atom is 0.431 e. The summed E-state index contributed by atoms with van der Waals surface area (Å²) in [5.41, 5.74) is -5.15. The first-order valence-electron chi connectivity index (χ1n) is 4.84. The third-order valence-electron chi connectivity index (χ3n) is 2.73. The zero-order valence-corrected chi connectivity index (χ0v) is 11.3. The second-order valence-corrected chi connectivity index (χ2v) is 6.12. The molecular weight excluding hydrogens is 368 g/mol. The van der Waals surface area contributed by atoms with Crippen molar-refractivity contribution < 1.29 is 30.7 Å². The number of halogens is 8. The number of hydrogen-bond donors (Lipinski definition) is 0. The normalized spacial score (nSPS) is 15.2. The van der Waals surface area contributed by atoms with Crippen molar-refractivity contribution in [3.05, 3.63) is 0 Å². The molecule has 104 valence electrons. The molecule has 0 aromatic rings. The Balaban J connectivity index is 5.40. The van der Waals surface area contributed by atoms with E-state index in [1.165, 1.54) is 36.4 Å². The lowest BCUT2D eigenvalue weighted by atomic mass is 9.87. The molecule has 0 aromatic carbocycles. The second kappa shape index (κ2) is 5.08. The van der Waals surface area contributed by atoms with Gasteiger partial charge >= 0.3 is 12.4 Å². The van der Waals surface area contributed by atoms with Crippen molar-refractivity contribution in [3.63, 3.8) is 0 Å². The highest BCUT2D eigenvalue weighted by Gasteiger charge is 2.73. The molecule has 0 fully saturated rings. The van der Waals surface area contributed by atoms with Crippen molar-refractivity contribution in [2.45, 2.75) is 54.6 Å². The minimum atomic E-state index is -5.95. The largest absolute Gasteiger partial charge is 0.431 e. The van der Waals surface area contributed by atoms with Crippen LogP contribution in [-0.2, 0) is 0 Å². The Morgan fingerprint density at radius 1 is 0.765 bits per heavy atom. The molecule has 0 aromatic heterocycles. The van der Waals surface area contributed by atoms with Gasteiger partial charge in [0.25, 0.3) is 5.67 Å². The van der Waals surface area contributed by atoms with E-state index in [-0.39, 0.29) is 12.8 Å². The molecule has 0 aliphatic rings. The summed E-state index contributed by atoms with van der Waals surface area (Å²) in [6.45, 7) is 2.87. The quantitative estimate of drug-likeness (QED) is 0.357. The van der Waals surface area contributed by atoms with Gasteiger partial charge in [-0.15, -0.1) is 0 Å². The van der Waals surface area contributed by atoms with Gasteiger partial charge in [0.15, 0.2) is 0 Å². The molecule has 17 heavy (non-hydrogen) atoms. The van der Waals surface area contributed by atoms with Gasteiger partial charge in [-0.2, -0.15) is 26.3 Å². The van der Waals surface area contributed by atoms with E-state index in [2.05, 4.69) is 0 Å². The molecule has 0 aliphatic carbocycles. The van der Waals surface area contributed by atoms with Crippen LogP contribution in [-0.4, -0.2) is 21.4 Å². The lowest BCUT2D eigenvalue weighted by Gasteiger charge is -2.36. The number of hydrogen-bond acceptors (Lipinski definition) is 0. The predicted octanol–water partition coefficient (Wildman–Crippen LogP) is 5.20. The first kappa shape index (κ1) is 17.2. The average molecular weight is 380 g/mol. The van der Waals surface area contributed by atoms with E-state index in [9.17, 15) is 30.7 Å². The molecule has 0 N–H and O–H groups in total. The van der Waals surface area contributed by atoms with Gasteiger partial charge in [0.05, 0.1) is 0 Å². The zero-order chi connectivity index (χ0) is 14.1. The van der Waals surface area contributed by atoms with E-state index in [0.717, 1.165) is 0 Å². The predicted molar refractivity (Wildman–Crippen MR) is 57.9 cm³/mol. The third kappa shape index (κ3) is 3.60. The van der Waals surface area contributed by atoms with Crippen LogP contribution < -0.4 is 0 Å². The summed E-state index contributed by atoms with van der Waals surface area (Å²) < 4.78 is 85.9. The second-order valence-electron chi connectivity index (χ2n) is 3.83. The lowest BCUT2D eigenvalue weighted by molar-refractivity contribution is -0.344.